The second kappa shape index (κ2) is 4.77. The van der Waals surface area contributed by atoms with Crippen molar-refractivity contribution in [2.24, 2.45) is 0 Å². The molecule has 0 saturated carbocycles. The molecule has 3 nitrogen and oxygen atoms in total. The molecule has 2 aromatic carbocycles. The molecule has 0 amide bonds. The molecule has 0 bridgehead atoms. The van der Waals surface area contributed by atoms with E-state index in [1.54, 1.807) is 30.3 Å². The van der Waals surface area contributed by atoms with Gasteiger partial charge in [0.25, 0.3) is 0 Å². The van der Waals surface area contributed by atoms with Crippen molar-refractivity contribution in [3.8, 4) is 23.3 Å². The lowest BCUT2D eigenvalue weighted by atomic mass is 10.2. The number of aromatic hydroxyl groups is 1. The number of ether oxygens (including phenoxy) is 1. The van der Waals surface area contributed by atoms with Crippen LogP contribution in [0.15, 0.2) is 42.5 Å². The summed E-state index contributed by atoms with van der Waals surface area (Å²) in [5, 5.41) is 18.5. The van der Waals surface area contributed by atoms with Crippen molar-refractivity contribution in [2.75, 3.05) is 0 Å². The fourth-order valence-electron chi connectivity index (χ4n) is 1.37. The van der Waals surface area contributed by atoms with Gasteiger partial charge in [-0.2, -0.15) is 5.26 Å². The van der Waals surface area contributed by atoms with Crippen molar-refractivity contribution in [3.63, 3.8) is 0 Å². The van der Waals surface area contributed by atoms with Gasteiger partial charge in [-0.1, -0.05) is 17.7 Å². The van der Waals surface area contributed by atoms with E-state index in [-0.39, 0.29) is 5.75 Å². The van der Waals surface area contributed by atoms with Gasteiger partial charge >= 0.3 is 0 Å². The van der Waals surface area contributed by atoms with Crippen LogP contribution in [-0.2, 0) is 0 Å². The van der Waals surface area contributed by atoms with E-state index in [1.807, 2.05) is 6.07 Å². The summed E-state index contributed by atoms with van der Waals surface area (Å²) >= 11 is 5.78. The van der Waals surface area contributed by atoms with Gasteiger partial charge in [-0.25, -0.2) is 0 Å². The molecule has 2 aromatic rings. The van der Waals surface area contributed by atoms with Crippen LogP contribution >= 0.6 is 11.6 Å². The van der Waals surface area contributed by atoms with E-state index in [4.69, 9.17) is 21.6 Å². The van der Waals surface area contributed by atoms with Gasteiger partial charge in [0.2, 0.25) is 0 Å². The van der Waals surface area contributed by atoms with Crippen molar-refractivity contribution in [2.45, 2.75) is 0 Å². The zero-order valence-corrected chi connectivity index (χ0v) is 9.48. The first-order chi connectivity index (χ1) is 8.17. The van der Waals surface area contributed by atoms with Crippen LogP contribution in [0.3, 0.4) is 0 Å². The van der Waals surface area contributed by atoms with Crippen molar-refractivity contribution < 1.29 is 9.84 Å². The van der Waals surface area contributed by atoms with Gasteiger partial charge in [0.1, 0.15) is 17.2 Å². The van der Waals surface area contributed by atoms with E-state index in [0.717, 1.165) is 0 Å². The summed E-state index contributed by atoms with van der Waals surface area (Å²) in [6.07, 6.45) is 0. The molecule has 2 rings (SSSR count). The quantitative estimate of drug-likeness (QED) is 0.878. The Bertz CT molecular complexity index is 570. The molecule has 0 aliphatic carbocycles. The lowest BCUT2D eigenvalue weighted by molar-refractivity contribution is 0.455. The number of nitrogens with zero attached hydrogens (tertiary/aromatic N) is 1. The van der Waals surface area contributed by atoms with Crippen LogP contribution in [0.2, 0.25) is 5.02 Å². The van der Waals surface area contributed by atoms with Gasteiger partial charge < -0.3 is 9.84 Å². The predicted molar refractivity (Wildman–Crippen MR) is 64.3 cm³/mol. The van der Waals surface area contributed by atoms with E-state index in [2.05, 4.69) is 0 Å². The summed E-state index contributed by atoms with van der Waals surface area (Å²) in [5.41, 5.74) is 0.508. The molecule has 0 aliphatic rings. The highest BCUT2D eigenvalue weighted by molar-refractivity contribution is 6.30. The first-order valence-electron chi connectivity index (χ1n) is 4.85. The van der Waals surface area contributed by atoms with Gasteiger partial charge in [0.05, 0.1) is 11.6 Å². The molecule has 4 heteroatoms. The molecular weight excluding hydrogens is 238 g/mol. The molecule has 0 radical (unpaired) electrons. The van der Waals surface area contributed by atoms with E-state index in [0.29, 0.717) is 22.1 Å². The van der Waals surface area contributed by atoms with Crippen LogP contribution in [0.5, 0.6) is 17.2 Å². The Labute approximate surface area is 103 Å². The second-order valence-corrected chi connectivity index (χ2v) is 3.82. The Kier molecular flexibility index (Phi) is 3.17. The van der Waals surface area contributed by atoms with Crippen molar-refractivity contribution in [1.82, 2.24) is 0 Å². The number of hydrogen-bond donors (Lipinski definition) is 1. The summed E-state index contributed by atoms with van der Waals surface area (Å²) in [7, 11) is 0. The number of phenolic OH excluding ortho intramolecular Hbond substituents is 1. The van der Waals surface area contributed by atoms with Crippen LogP contribution in [0, 0.1) is 11.3 Å². The number of phenols is 1. The summed E-state index contributed by atoms with van der Waals surface area (Å²) < 4.78 is 5.49. The van der Waals surface area contributed by atoms with Crippen LogP contribution in [-0.4, -0.2) is 5.11 Å². The summed E-state index contributed by atoms with van der Waals surface area (Å²) in [6.45, 7) is 0. The molecular formula is C13H8ClNO2. The predicted octanol–water partition coefficient (Wildman–Crippen LogP) is 3.71. The maximum atomic E-state index is 9.36. The van der Waals surface area contributed by atoms with Crippen LogP contribution in [0.1, 0.15) is 5.56 Å². The largest absolute Gasteiger partial charge is 0.508 e. The first-order valence-corrected chi connectivity index (χ1v) is 5.23. The van der Waals surface area contributed by atoms with Crippen molar-refractivity contribution >= 4 is 11.6 Å². The van der Waals surface area contributed by atoms with Gasteiger partial charge in [-0.3, -0.25) is 0 Å². The minimum absolute atomic E-state index is 0.0314. The number of halogens is 1. The van der Waals surface area contributed by atoms with E-state index in [9.17, 15) is 5.11 Å². The van der Waals surface area contributed by atoms with Gasteiger partial charge in [0, 0.05) is 11.1 Å². The van der Waals surface area contributed by atoms with E-state index < -0.39 is 0 Å². The Balaban J connectivity index is 2.28. The molecule has 0 atom stereocenters. The topological polar surface area (TPSA) is 53.2 Å². The van der Waals surface area contributed by atoms with Crippen LogP contribution in [0.4, 0.5) is 0 Å². The number of nitriles is 1. The van der Waals surface area contributed by atoms with Gasteiger partial charge in [-0.05, 0) is 30.3 Å². The SMILES string of the molecule is N#Cc1cccc(Oc2cc(O)cc(Cl)c2)c1. The highest BCUT2D eigenvalue weighted by Gasteiger charge is 2.02. The molecule has 0 fully saturated rings. The average Bonchev–Trinajstić information content (AvgIpc) is 2.28. The van der Waals surface area contributed by atoms with E-state index >= 15 is 0 Å². The van der Waals surface area contributed by atoms with E-state index in [1.165, 1.54) is 12.1 Å². The third-order valence-electron chi connectivity index (χ3n) is 2.05. The fourth-order valence-corrected chi connectivity index (χ4v) is 1.59. The fraction of sp³-hybridized carbons (Fsp3) is 0. The minimum Gasteiger partial charge on any atom is -0.508 e. The monoisotopic (exact) mass is 245 g/mol. The highest BCUT2D eigenvalue weighted by atomic mass is 35.5. The van der Waals surface area contributed by atoms with Crippen molar-refractivity contribution in [1.29, 1.82) is 5.26 Å². The standard InChI is InChI=1S/C13H8ClNO2/c14-10-5-11(16)7-13(6-10)17-12-3-1-2-9(4-12)8-15/h1-7,16H. The molecule has 0 heterocycles. The molecule has 0 spiro atoms. The van der Waals surface area contributed by atoms with Crippen molar-refractivity contribution in [3.05, 3.63) is 53.1 Å². The number of benzene rings is 2. The maximum Gasteiger partial charge on any atom is 0.132 e. The molecule has 17 heavy (non-hydrogen) atoms. The summed E-state index contributed by atoms with van der Waals surface area (Å²) in [5.74, 6) is 0.972. The highest BCUT2D eigenvalue weighted by Crippen LogP contribution is 2.29. The Morgan fingerprint density at radius 2 is 1.94 bits per heavy atom. The van der Waals surface area contributed by atoms with Gasteiger partial charge in [-0.15, -0.1) is 0 Å². The molecule has 1 N–H and O–H groups in total. The van der Waals surface area contributed by atoms with Crippen LogP contribution in [0.25, 0.3) is 0 Å². The Hall–Kier alpha value is -2.18. The zero-order valence-electron chi connectivity index (χ0n) is 8.72. The molecule has 0 aromatic heterocycles. The molecule has 84 valence electrons. The lowest BCUT2D eigenvalue weighted by Crippen LogP contribution is -1.85. The second-order valence-electron chi connectivity index (χ2n) is 3.39. The van der Waals surface area contributed by atoms with Gasteiger partial charge in [0.15, 0.2) is 0 Å². The molecule has 0 unspecified atom stereocenters. The third kappa shape index (κ3) is 2.90. The first kappa shape index (κ1) is 11.3. The summed E-state index contributed by atoms with van der Waals surface area (Å²) in [4.78, 5) is 0. The normalized spacial score (nSPS) is 9.65. The minimum atomic E-state index is 0.0314. The Morgan fingerprint density at radius 1 is 1.12 bits per heavy atom. The lowest BCUT2D eigenvalue weighted by Gasteiger charge is -2.06. The average molecular weight is 246 g/mol. The zero-order chi connectivity index (χ0) is 12.3. The molecule has 0 aliphatic heterocycles. The van der Waals surface area contributed by atoms with Crippen LogP contribution < -0.4 is 4.74 Å². The third-order valence-corrected chi connectivity index (χ3v) is 2.27. The number of rotatable bonds is 2. The number of hydrogen-bond acceptors (Lipinski definition) is 3. The Morgan fingerprint density at radius 3 is 2.65 bits per heavy atom. The maximum absolute atomic E-state index is 9.36. The smallest absolute Gasteiger partial charge is 0.132 e. The molecule has 0 saturated heterocycles. The summed E-state index contributed by atoms with van der Waals surface area (Å²) in [6, 6.07) is 13.2.